The third kappa shape index (κ3) is 12.1. The zero-order valence-corrected chi connectivity index (χ0v) is 12.7. The van der Waals surface area contributed by atoms with Gasteiger partial charge in [0.05, 0.1) is 20.6 Å². The van der Waals surface area contributed by atoms with Crippen molar-refractivity contribution in [1.29, 1.82) is 5.26 Å². The van der Waals surface area contributed by atoms with E-state index in [2.05, 4.69) is 26.4 Å². The van der Waals surface area contributed by atoms with Gasteiger partial charge in [0.2, 0.25) is 0 Å². The van der Waals surface area contributed by atoms with Crippen LogP contribution in [0.4, 0.5) is 0 Å². The van der Waals surface area contributed by atoms with E-state index in [0.29, 0.717) is 0 Å². The fourth-order valence-electron chi connectivity index (χ4n) is 1.94. The quantitative estimate of drug-likeness (QED) is 0.237. The number of hydrogen-bond donors (Lipinski definition) is 0. The maximum absolute atomic E-state index is 8.54. The summed E-state index contributed by atoms with van der Waals surface area (Å²) >= 11 is 1.37. The van der Waals surface area contributed by atoms with Gasteiger partial charge < -0.3 is 4.48 Å². The van der Waals surface area contributed by atoms with Crippen molar-refractivity contribution in [3.8, 4) is 5.40 Å². The van der Waals surface area contributed by atoms with E-state index in [1.54, 1.807) is 0 Å². The van der Waals surface area contributed by atoms with Gasteiger partial charge in [-0.3, -0.25) is 0 Å². The lowest BCUT2D eigenvalue weighted by atomic mass is 10.1. The Bertz CT molecular complexity index is 209. The van der Waals surface area contributed by atoms with Crippen LogP contribution in [0.5, 0.6) is 0 Å². The second-order valence-electron chi connectivity index (χ2n) is 5.50. The first-order valence-electron chi connectivity index (χ1n) is 6.95. The van der Waals surface area contributed by atoms with Gasteiger partial charge in [-0.05, 0) is 12.8 Å². The van der Waals surface area contributed by atoms with E-state index in [-0.39, 0.29) is 0 Å². The van der Waals surface area contributed by atoms with Gasteiger partial charge >= 0.3 is 0 Å². The summed E-state index contributed by atoms with van der Waals surface area (Å²) in [7, 11) is 4.43. The lowest BCUT2D eigenvalue weighted by Crippen LogP contribution is -2.39. The number of rotatable bonds is 11. The molecule has 0 aromatic carbocycles. The minimum absolute atomic E-state index is 0.910. The maximum atomic E-state index is 8.54. The molecule has 0 aliphatic carbocycles. The van der Waals surface area contributed by atoms with Crippen molar-refractivity contribution in [3.63, 3.8) is 0 Å². The van der Waals surface area contributed by atoms with Gasteiger partial charge in [-0.2, -0.15) is 5.26 Å². The Hall–Kier alpha value is -0.200. The van der Waals surface area contributed by atoms with Gasteiger partial charge in [-0.15, -0.1) is 0 Å². The molecule has 3 heteroatoms. The number of nitriles is 1. The molecule has 0 aliphatic rings. The molecule has 0 saturated heterocycles. The van der Waals surface area contributed by atoms with E-state index < -0.39 is 0 Å². The highest BCUT2D eigenvalue weighted by Crippen LogP contribution is 2.12. The minimum atomic E-state index is 0.910. The van der Waals surface area contributed by atoms with Crippen molar-refractivity contribution in [2.24, 2.45) is 0 Å². The lowest BCUT2D eigenvalue weighted by Gasteiger charge is -2.28. The van der Waals surface area contributed by atoms with E-state index in [0.717, 1.165) is 10.4 Å². The lowest BCUT2D eigenvalue weighted by molar-refractivity contribution is -0.877. The van der Waals surface area contributed by atoms with Crippen LogP contribution >= 0.6 is 11.8 Å². The molecule has 0 aliphatic heterocycles. The van der Waals surface area contributed by atoms with Crippen LogP contribution < -0.4 is 0 Å². The van der Waals surface area contributed by atoms with Crippen molar-refractivity contribution >= 4 is 11.8 Å². The molecule has 0 rings (SSSR count). The molecule has 0 atom stereocenters. The van der Waals surface area contributed by atoms with Crippen LogP contribution in [0.1, 0.15) is 58.3 Å². The SMILES string of the molecule is CCCCCCCCCC[N+](C)(C)CSC#N. The topological polar surface area (TPSA) is 23.8 Å². The van der Waals surface area contributed by atoms with Crippen LogP contribution in [0.2, 0.25) is 0 Å². The molecule has 0 unspecified atom stereocenters. The van der Waals surface area contributed by atoms with Gasteiger partial charge in [-0.25, -0.2) is 0 Å². The summed E-state index contributed by atoms with van der Waals surface area (Å²) in [5.41, 5.74) is 0. The van der Waals surface area contributed by atoms with E-state index >= 15 is 0 Å². The molecule has 0 bridgehead atoms. The van der Waals surface area contributed by atoms with E-state index in [9.17, 15) is 0 Å². The van der Waals surface area contributed by atoms with Gasteiger partial charge in [0, 0.05) is 11.8 Å². The molecule has 17 heavy (non-hydrogen) atoms. The van der Waals surface area contributed by atoms with Crippen LogP contribution in [0.15, 0.2) is 0 Å². The molecule has 0 N–H and O–H groups in total. The molecule has 0 aromatic heterocycles. The van der Waals surface area contributed by atoms with Gasteiger partial charge in [-0.1, -0.05) is 45.4 Å². The van der Waals surface area contributed by atoms with Crippen LogP contribution in [-0.2, 0) is 0 Å². The molecule has 0 saturated carbocycles. The number of nitrogens with zero attached hydrogens (tertiary/aromatic N) is 2. The predicted octanol–water partition coefficient (Wildman–Crippen LogP) is 4.38. The molecular weight excluding hydrogens is 228 g/mol. The van der Waals surface area contributed by atoms with Crippen molar-refractivity contribution in [3.05, 3.63) is 0 Å². The summed E-state index contributed by atoms with van der Waals surface area (Å²) < 4.78 is 0.966. The number of thioether (sulfide) groups is 1. The molecular formula is C14H29N2S+. The molecule has 0 radical (unpaired) electrons. The first-order chi connectivity index (χ1) is 8.12. The van der Waals surface area contributed by atoms with Crippen LogP contribution in [0, 0.1) is 10.7 Å². The molecule has 100 valence electrons. The minimum Gasteiger partial charge on any atom is -0.319 e. The third-order valence-electron chi connectivity index (χ3n) is 3.10. The van der Waals surface area contributed by atoms with Crippen molar-refractivity contribution in [2.45, 2.75) is 58.3 Å². The summed E-state index contributed by atoms with van der Waals surface area (Å²) in [4.78, 5) is 0. The summed E-state index contributed by atoms with van der Waals surface area (Å²) in [5.74, 6) is 0.910. The Labute approximate surface area is 112 Å². The third-order valence-corrected chi connectivity index (χ3v) is 4.05. The Kier molecular flexibility index (Phi) is 10.8. The van der Waals surface area contributed by atoms with E-state index in [4.69, 9.17) is 5.26 Å². The van der Waals surface area contributed by atoms with Gasteiger partial charge in [0.25, 0.3) is 0 Å². The fraction of sp³-hybridized carbons (Fsp3) is 0.929. The molecule has 0 heterocycles. The Morgan fingerprint density at radius 1 is 0.941 bits per heavy atom. The summed E-state index contributed by atoms with van der Waals surface area (Å²) in [6, 6.07) is 0. The first kappa shape index (κ1) is 16.8. The molecule has 0 amide bonds. The standard InChI is InChI=1S/C14H29N2S/c1-4-5-6-7-8-9-10-11-12-16(2,3)14-17-13-15/h4-12,14H2,1-3H3/q+1. The highest BCUT2D eigenvalue weighted by molar-refractivity contribution is 8.03. The van der Waals surface area contributed by atoms with E-state index in [1.165, 1.54) is 69.7 Å². The number of hydrogen-bond acceptors (Lipinski definition) is 2. The van der Waals surface area contributed by atoms with Crippen molar-refractivity contribution in [1.82, 2.24) is 0 Å². The zero-order chi connectivity index (χ0) is 13.0. The Balaban J connectivity index is 3.29. The monoisotopic (exact) mass is 257 g/mol. The maximum Gasteiger partial charge on any atom is 0.139 e. The van der Waals surface area contributed by atoms with Crippen LogP contribution in [-0.4, -0.2) is 31.0 Å². The van der Waals surface area contributed by atoms with Gasteiger partial charge in [0.1, 0.15) is 11.3 Å². The summed E-state index contributed by atoms with van der Waals surface area (Å²) in [5, 5.41) is 10.7. The number of quaternary nitrogens is 1. The van der Waals surface area contributed by atoms with Crippen molar-refractivity contribution < 1.29 is 4.48 Å². The van der Waals surface area contributed by atoms with Crippen LogP contribution in [0.25, 0.3) is 0 Å². The largest absolute Gasteiger partial charge is 0.319 e. The second-order valence-corrected chi connectivity index (χ2v) is 6.23. The number of unbranched alkanes of at least 4 members (excludes halogenated alkanes) is 7. The Morgan fingerprint density at radius 3 is 2.00 bits per heavy atom. The summed E-state index contributed by atoms with van der Waals surface area (Å²) in [6.07, 6.45) is 11.0. The highest BCUT2D eigenvalue weighted by Gasteiger charge is 2.13. The number of thiocyanates is 1. The average Bonchev–Trinajstić information content (AvgIpc) is 2.30. The molecule has 0 spiro atoms. The molecule has 0 aromatic rings. The average molecular weight is 257 g/mol. The Morgan fingerprint density at radius 2 is 1.47 bits per heavy atom. The second kappa shape index (κ2) is 10.9. The highest BCUT2D eigenvalue weighted by atomic mass is 32.2. The van der Waals surface area contributed by atoms with Crippen molar-refractivity contribution in [2.75, 3.05) is 26.5 Å². The van der Waals surface area contributed by atoms with E-state index in [1.807, 2.05) is 0 Å². The first-order valence-corrected chi connectivity index (χ1v) is 7.94. The van der Waals surface area contributed by atoms with Crippen LogP contribution in [0.3, 0.4) is 0 Å². The normalized spacial score (nSPS) is 11.4. The fourth-order valence-corrected chi connectivity index (χ4v) is 2.48. The molecule has 2 nitrogen and oxygen atoms in total. The summed E-state index contributed by atoms with van der Waals surface area (Å²) in [6.45, 7) is 3.46. The predicted molar refractivity (Wildman–Crippen MR) is 77.7 cm³/mol. The molecule has 0 fully saturated rings. The van der Waals surface area contributed by atoms with Gasteiger partial charge in [0.15, 0.2) is 0 Å². The zero-order valence-electron chi connectivity index (χ0n) is 11.9. The smallest absolute Gasteiger partial charge is 0.139 e.